The molecule has 2 aromatic rings. The van der Waals surface area contributed by atoms with E-state index < -0.39 is 0 Å². The van der Waals surface area contributed by atoms with Crippen molar-refractivity contribution in [2.45, 2.75) is 33.1 Å². The molecule has 0 unspecified atom stereocenters. The van der Waals surface area contributed by atoms with Gasteiger partial charge in [0.2, 0.25) is 0 Å². The van der Waals surface area contributed by atoms with Crippen LogP contribution in [0.25, 0.3) is 0 Å². The number of aromatic nitrogens is 2. The minimum atomic E-state index is -0.297. The number of anilines is 1. The van der Waals surface area contributed by atoms with E-state index in [4.69, 9.17) is 0 Å². The van der Waals surface area contributed by atoms with Gasteiger partial charge in [-0.05, 0) is 37.1 Å². The summed E-state index contributed by atoms with van der Waals surface area (Å²) in [5, 5.41) is 12.4. The average Bonchev–Trinajstić information content (AvgIpc) is 3.02. The van der Waals surface area contributed by atoms with Crippen LogP contribution >= 0.6 is 0 Å². The van der Waals surface area contributed by atoms with Crippen LogP contribution in [0.15, 0.2) is 30.3 Å². The van der Waals surface area contributed by atoms with E-state index in [1.165, 1.54) is 0 Å². The molecule has 2 rings (SSSR count). The van der Waals surface area contributed by atoms with Crippen LogP contribution in [0.4, 0.5) is 5.69 Å². The molecule has 0 spiro atoms. The Morgan fingerprint density at radius 2 is 1.96 bits per heavy atom. The summed E-state index contributed by atoms with van der Waals surface area (Å²) in [6, 6.07) is 8.60. The lowest BCUT2D eigenvalue weighted by atomic mass is 10.2. The quantitative estimate of drug-likeness (QED) is 0.734. The standard InChI is InChI=1S/C17H22N4O2/c1-3-6-14-11-15(21-20-14)17(23)19-13-8-5-7-12(10-13)16(22)18-9-4-2/h5,7-8,10-11H,3-4,6,9H2,1-2H3,(H,18,22)(H,19,23)(H,20,21). The molecule has 0 fully saturated rings. The molecule has 0 aliphatic carbocycles. The second-order valence-corrected chi connectivity index (χ2v) is 5.32. The molecular weight excluding hydrogens is 292 g/mol. The first-order valence-corrected chi connectivity index (χ1v) is 7.88. The number of nitrogens with zero attached hydrogens (tertiary/aromatic N) is 1. The molecule has 0 saturated heterocycles. The molecule has 23 heavy (non-hydrogen) atoms. The van der Waals surface area contributed by atoms with Gasteiger partial charge >= 0.3 is 0 Å². The van der Waals surface area contributed by atoms with Gasteiger partial charge in [-0.3, -0.25) is 14.7 Å². The van der Waals surface area contributed by atoms with Gasteiger partial charge in [0.25, 0.3) is 11.8 Å². The zero-order valence-corrected chi connectivity index (χ0v) is 13.5. The molecule has 0 saturated carbocycles. The number of benzene rings is 1. The van der Waals surface area contributed by atoms with Crippen LogP contribution < -0.4 is 10.6 Å². The van der Waals surface area contributed by atoms with Crippen LogP contribution in [-0.2, 0) is 6.42 Å². The largest absolute Gasteiger partial charge is 0.352 e. The fourth-order valence-electron chi connectivity index (χ4n) is 2.15. The maximum absolute atomic E-state index is 12.2. The molecule has 3 N–H and O–H groups in total. The number of rotatable bonds is 7. The molecule has 0 radical (unpaired) electrons. The second kappa shape index (κ2) is 8.12. The first kappa shape index (κ1) is 16.7. The molecule has 2 amide bonds. The number of aromatic amines is 1. The lowest BCUT2D eigenvalue weighted by molar-refractivity contribution is 0.0952. The van der Waals surface area contributed by atoms with Crippen LogP contribution in [0.1, 0.15) is 53.2 Å². The predicted molar refractivity (Wildman–Crippen MR) is 89.6 cm³/mol. The first-order valence-electron chi connectivity index (χ1n) is 7.88. The molecule has 0 aliphatic rings. The van der Waals surface area contributed by atoms with Gasteiger partial charge in [0.05, 0.1) is 0 Å². The Kier molecular flexibility index (Phi) is 5.91. The Morgan fingerprint density at radius 1 is 1.13 bits per heavy atom. The minimum absolute atomic E-state index is 0.145. The van der Waals surface area contributed by atoms with Gasteiger partial charge in [0, 0.05) is 23.5 Å². The summed E-state index contributed by atoms with van der Waals surface area (Å²) in [6.45, 7) is 4.69. The number of carbonyl (C=O) groups is 2. The normalized spacial score (nSPS) is 10.3. The van der Waals surface area contributed by atoms with Gasteiger partial charge in [-0.1, -0.05) is 26.3 Å². The third-order valence-corrected chi connectivity index (χ3v) is 3.30. The van der Waals surface area contributed by atoms with E-state index in [1.54, 1.807) is 30.3 Å². The topological polar surface area (TPSA) is 86.9 Å². The molecule has 0 aliphatic heterocycles. The Labute approximate surface area is 135 Å². The van der Waals surface area contributed by atoms with Gasteiger partial charge in [0.15, 0.2) is 5.69 Å². The second-order valence-electron chi connectivity index (χ2n) is 5.32. The van der Waals surface area contributed by atoms with Crippen molar-refractivity contribution in [2.24, 2.45) is 0 Å². The molecule has 122 valence electrons. The van der Waals surface area contributed by atoms with Crippen molar-refractivity contribution < 1.29 is 9.59 Å². The number of nitrogens with one attached hydrogen (secondary N) is 3. The van der Waals surface area contributed by atoms with E-state index in [0.717, 1.165) is 25.0 Å². The van der Waals surface area contributed by atoms with Crippen LogP contribution in [0.5, 0.6) is 0 Å². The number of carbonyl (C=O) groups excluding carboxylic acids is 2. The molecule has 6 heteroatoms. The van der Waals surface area contributed by atoms with E-state index in [2.05, 4.69) is 27.8 Å². The zero-order valence-electron chi connectivity index (χ0n) is 13.5. The van der Waals surface area contributed by atoms with Gasteiger partial charge < -0.3 is 10.6 Å². The zero-order chi connectivity index (χ0) is 16.7. The minimum Gasteiger partial charge on any atom is -0.352 e. The van der Waals surface area contributed by atoms with Crippen LogP contribution in [-0.4, -0.2) is 28.6 Å². The summed E-state index contributed by atoms with van der Waals surface area (Å²) in [5.74, 6) is -0.442. The molecule has 0 atom stereocenters. The third-order valence-electron chi connectivity index (χ3n) is 3.30. The summed E-state index contributed by atoms with van der Waals surface area (Å²) < 4.78 is 0. The molecular formula is C17H22N4O2. The van der Waals surface area contributed by atoms with E-state index in [-0.39, 0.29) is 11.8 Å². The van der Waals surface area contributed by atoms with Crippen LogP contribution in [0, 0.1) is 0 Å². The fourth-order valence-corrected chi connectivity index (χ4v) is 2.15. The maximum Gasteiger partial charge on any atom is 0.276 e. The van der Waals surface area contributed by atoms with Crippen molar-refractivity contribution in [2.75, 3.05) is 11.9 Å². The molecule has 1 heterocycles. The highest BCUT2D eigenvalue weighted by atomic mass is 16.2. The van der Waals surface area contributed by atoms with Crippen LogP contribution in [0.2, 0.25) is 0 Å². The number of H-pyrrole nitrogens is 1. The summed E-state index contributed by atoms with van der Waals surface area (Å²) >= 11 is 0. The SMILES string of the molecule is CCCNC(=O)c1cccc(NC(=O)c2cc(CCC)[nH]n2)c1. The summed E-state index contributed by atoms with van der Waals surface area (Å²) in [7, 11) is 0. The molecule has 0 bridgehead atoms. The Hall–Kier alpha value is -2.63. The lowest BCUT2D eigenvalue weighted by Gasteiger charge is -2.07. The highest BCUT2D eigenvalue weighted by Crippen LogP contribution is 2.12. The van der Waals surface area contributed by atoms with Gasteiger partial charge in [-0.25, -0.2) is 0 Å². The van der Waals surface area contributed by atoms with E-state index in [9.17, 15) is 9.59 Å². The van der Waals surface area contributed by atoms with Gasteiger partial charge in [-0.15, -0.1) is 0 Å². The van der Waals surface area contributed by atoms with Crippen molar-refractivity contribution in [1.29, 1.82) is 0 Å². The van der Waals surface area contributed by atoms with Gasteiger partial charge in [-0.2, -0.15) is 5.10 Å². The van der Waals surface area contributed by atoms with E-state index in [1.807, 2.05) is 6.92 Å². The van der Waals surface area contributed by atoms with E-state index in [0.29, 0.717) is 23.5 Å². The van der Waals surface area contributed by atoms with Crippen molar-refractivity contribution >= 4 is 17.5 Å². The van der Waals surface area contributed by atoms with Crippen molar-refractivity contribution in [1.82, 2.24) is 15.5 Å². The monoisotopic (exact) mass is 314 g/mol. The summed E-state index contributed by atoms with van der Waals surface area (Å²) in [4.78, 5) is 24.1. The van der Waals surface area contributed by atoms with E-state index >= 15 is 0 Å². The molecule has 6 nitrogen and oxygen atoms in total. The van der Waals surface area contributed by atoms with Crippen molar-refractivity contribution in [3.05, 3.63) is 47.3 Å². The highest BCUT2D eigenvalue weighted by Gasteiger charge is 2.12. The summed E-state index contributed by atoms with van der Waals surface area (Å²) in [5.41, 5.74) is 2.36. The number of aryl methyl sites for hydroxylation is 1. The van der Waals surface area contributed by atoms with Crippen molar-refractivity contribution in [3.63, 3.8) is 0 Å². The molecule has 1 aromatic carbocycles. The first-order chi connectivity index (χ1) is 11.1. The Balaban J connectivity index is 2.04. The average molecular weight is 314 g/mol. The van der Waals surface area contributed by atoms with Crippen LogP contribution in [0.3, 0.4) is 0 Å². The fraction of sp³-hybridized carbons (Fsp3) is 0.353. The Bertz CT molecular complexity index is 679. The number of hydrogen-bond acceptors (Lipinski definition) is 3. The van der Waals surface area contributed by atoms with Gasteiger partial charge in [0.1, 0.15) is 0 Å². The predicted octanol–water partition coefficient (Wildman–Crippen LogP) is 2.75. The maximum atomic E-state index is 12.2. The Morgan fingerprint density at radius 3 is 2.70 bits per heavy atom. The third kappa shape index (κ3) is 4.67. The summed E-state index contributed by atoms with van der Waals surface area (Å²) in [6.07, 6.45) is 2.72. The lowest BCUT2D eigenvalue weighted by Crippen LogP contribution is -2.24. The molecule has 1 aromatic heterocycles. The highest BCUT2D eigenvalue weighted by molar-refractivity contribution is 6.04. The number of amides is 2. The van der Waals surface area contributed by atoms with Crippen molar-refractivity contribution in [3.8, 4) is 0 Å². The number of hydrogen-bond donors (Lipinski definition) is 3. The smallest absolute Gasteiger partial charge is 0.276 e.